The Morgan fingerprint density at radius 2 is 0.886 bits per heavy atom. The van der Waals surface area contributed by atoms with Gasteiger partial charge in [0, 0.05) is 5.69 Å². The summed E-state index contributed by atoms with van der Waals surface area (Å²) in [4.78, 5) is 26.5. The molecule has 0 radical (unpaired) electrons. The van der Waals surface area contributed by atoms with Gasteiger partial charge in [-0.25, -0.2) is 19.9 Å². The SMILES string of the molecule is C1=CC2N=C3N(c4cc(-c5cccc([Si](c6ccccc6)(c6ccccc6)c6cccc(-n7c8ccccc8n8c9ccccc9nc78)c6)c5)cc(-n5c6ccccc6n6c7ccccc7nc56)n4)c4ccccc4N3C2C=C1. The van der Waals surface area contributed by atoms with Gasteiger partial charge in [0.1, 0.15) is 11.6 Å². The number of allylic oxidation sites excluding steroid dienone is 2. The quantitative estimate of drug-likeness (QED) is 0.112. The normalized spacial score (nSPS) is 15.8. The molecule has 7 heterocycles. The first kappa shape index (κ1) is 43.8. The van der Waals surface area contributed by atoms with Gasteiger partial charge in [-0.1, -0.05) is 182 Å². The van der Waals surface area contributed by atoms with Crippen LogP contribution in [-0.4, -0.2) is 59.0 Å². The number of imidazole rings is 4. The molecule has 0 bridgehead atoms. The van der Waals surface area contributed by atoms with Crippen LogP contribution in [0.4, 0.5) is 17.2 Å². The number of pyridine rings is 1. The second-order valence-corrected chi connectivity index (χ2v) is 24.5. The number of para-hydroxylation sites is 10. The van der Waals surface area contributed by atoms with Gasteiger partial charge in [0.2, 0.25) is 17.5 Å². The maximum Gasteiger partial charge on any atom is 0.221 e. The average Bonchev–Trinajstić information content (AvgIpc) is 4.46. The molecule has 0 saturated carbocycles. The molecule has 2 unspecified atom stereocenters. The van der Waals surface area contributed by atoms with E-state index < -0.39 is 8.07 Å². The molecule has 0 N–H and O–H groups in total. The molecule has 9 aromatic carbocycles. The summed E-state index contributed by atoms with van der Waals surface area (Å²) in [6.45, 7) is 0. The van der Waals surface area contributed by atoms with Crippen LogP contribution >= 0.6 is 0 Å². The maximum absolute atomic E-state index is 5.73. The van der Waals surface area contributed by atoms with Crippen molar-refractivity contribution in [3.05, 3.63) is 267 Å². The zero-order chi connectivity index (χ0) is 51.8. The monoisotopic (exact) mass is 1030 g/mol. The molecular weight excluding hydrogens is 985 g/mol. The molecule has 2 aliphatic heterocycles. The van der Waals surface area contributed by atoms with Crippen molar-refractivity contribution in [2.24, 2.45) is 4.99 Å². The molecular formula is C68H46N10Si. The van der Waals surface area contributed by atoms with Gasteiger partial charge in [0.15, 0.2) is 8.07 Å². The van der Waals surface area contributed by atoms with E-state index in [0.717, 1.165) is 101 Å². The molecule has 372 valence electrons. The molecule has 11 heteroatoms. The van der Waals surface area contributed by atoms with Crippen LogP contribution in [0.1, 0.15) is 0 Å². The van der Waals surface area contributed by atoms with Gasteiger partial charge >= 0.3 is 0 Å². The summed E-state index contributed by atoms with van der Waals surface area (Å²) in [5.41, 5.74) is 13.6. The lowest BCUT2D eigenvalue weighted by atomic mass is 10.0. The van der Waals surface area contributed by atoms with Gasteiger partial charge in [-0.3, -0.25) is 22.8 Å². The van der Waals surface area contributed by atoms with E-state index in [0.29, 0.717) is 0 Å². The van der Waals surface area contributed by atoms with E-state index in [2.05, 4.69) is 295 Å². The first-order chi connectivity index (χ1) is 39.2. The third kappa shape index (κ3) is 6.27. The Hall–Kier alpha value is -10.4. The van der Waals surface area contributed by atoms with Gasteiger partial charge in [0.05, 0.1) is 67.6 Å². The summed E-state index contributed by atoms with van der Waals surface area (Å²) in [7, 11) is -3.18. The molecule has 17 rings (SSSR count). The second-order valence-electron chi connectivity index (χ2n) is 20.7. The number of benzene rings is 9. The van der Waals surface area contributed by atoms with Crippen LogP contribution in [0.15, 0.2) is 272 Å². The van der Waals surface area contributed by atoms with Crippen molar-refractivity contribution in [2.45, 2.75) is 12.1 Å². The van der Waals surface area contributed by atoms with Gasteiger partial charge in [-0.2, -0.15) is 0 Å². The number of rotatable bonds is 8. The summed E-state index contributed by atoms with van der Waals surface area (Å²) in [6.07, 6.45) is 8.71. The fourth-order valence-electron chi connectivity index (χ4n) is 13.2. The second kappa shape index (κ2) is 16.8. The van der Waals surface area contributed by atoms with Crippen molar-refractivity contribution in [2.75, 3.05) is 9.80 Å². The van der Waals surface area contributed by atoms with Crippen LogP contribution in [0.2, 0.25) is 0 Å². The minimum atomic E-state index is -3.18. The first-order valence-corrected chi connectivity index (χ1v) is 28.9. The predicted molar refractivity (Wildman–Crippen MR) is 324 cm³/mol. The van der Waals surface area contributed by atoms with Crippen LogP contribution < -0.4 is 30.5 Å². The average molecular weight is 1030 g/mol. The molecule has 79 heavy (non-hydrogen) atoms. The smallest absolute Gasteiger partial charge is 0.221 e. The zero-order valence-corrected chi connectivity index (χ0v) is 43.5. The van der Waals surface area contributed by atoms with Crippen LogP contribution in [0, 0.1) is 0 Å². The van der Waals surface area contributed by atoms with Crippen LogP contribution in [0.25, 0.3) is 78.3 Å². The summed E-state index contributed by atoms with van der Waals surface area (Å²) in [6, 6.07) is 88.2. The number of hydrogen-bond donors (Lipinski definition) is 0. The van der Waals surface area contributed by atoms with E-state index in [1.54, 1.807) is 0 Å². The van der Waals surface area contributed by atoms with Crippen molar-refractivity contribution in [3.8, 4) is 22.6 Å². The fourth-order valence-corrected chi connectivity index (χ4v) is 18.0. The lowest BCUT2D eigenvalue weighted by molar-refractivity contribution is 0.741. The number of fused-ring (bicyclic) bond motifs is 15. The van der Waals surface area contributed by atoms with E-state index in [1.807, 2.05) is 0 Å². The Morgan fingerprint density at radius 1 is 0.367 bits per heavy atom. The van der Waals surface area contributed by atoms with E-state index in [9.17, 15) is 0 Å². The third-order valence-corrected chi connectivity index (χ3v) is 21.2. The number of aliphatic imine (C=N–C) groups is 1. The number of anilines is 3. The zero-order valence-electron chi connectivity index (χ0n) is 42.5. The van der Waals surface area contributed by atoms with E-state index in [1.165, 1.54) is 20.7 Å². The van der Waals surface area contributed by atoms with Crippen LogP contribution in [-0.2, 0) is 0 Å². The van der Waals surface area contributed by atoms with Gasteiger partial charge in [0.25, 0.3) is 0 Å². The summed E-state index contributed by atoms with van der Waals surface area (Å²) in [5.74, 6) is 4.06. The summed E-state index contributed by atoms with van der Waals surface area (Å²) >= 11 is 0. The Balaban J connectivity index is 0.919. The van der Waals surface area contributed by atoms with Crippen molar-refractivity contribution >= 4 is 108 Å². The maximum atomic E-state index is 5.73. The molecule has 0 amide bonds. The molecule has 2 atom stereocenters. The molecule has 0 saturated heterocycles. The Labute approximate surface area is 454 Å². The third-order valence-electron chi connectivity index (χ3n) is 16.5. The largest absolute Gasteiger partial charge is 0.300 e. The minimum Gasteiger partial charge on any atom is -0.300 e. The number of aromatic nitrogens is 7. The number of nitrogens with zero attached hydrogens (tertiary/aromatic N) is 10. The number of hydrogen-bond acceptors (Lipinski definition) is 6. The number of guanidine groups is 1. The van der Waals surface area contributed by atoms with E-state index >= 15 is 0 Å². The molecule has 0 spiro atoms. The summed E-state index contributed by atoms with van der Waals surface area (Å²) < 4.78 is 9.13. The Morgan fingerprint density at radius 3 is 1.57 bits per heavy atom. The van der Waals surface area contributed by atoms with Gasteiger partial charge in [-0.15, -0.1) is 0 Å². The fraction of sp³-hybridized carbons (Fsp3) is 0.0294. The van der Waals surface area contributed by atoms with E-state index in [4.69, 9.17) is 19.9 Å². The summed E-state index contributed by atoms with van der Waals surface area (Å²) in [5, 5.41) is 5.08. The highest BCUT2D eigenvalue weighted by molar-refractivity contribution is 7.20. The molecule has 10 nitrogen and oxygen atoms in total. The Bertz CT molecular complexity index is 4870. The predicted octanol–water partition coefficient (Wildman–Crippen LogP) is 11.8. The highest BCUT2D eigenvalue weighted by Crippen LogP contribution is 2.47. The minimum absolute atomic E-state index is 0.0188. The molecule has 1 aliphatic carbocycles. The highest BCUT2D eigenvalue weighted by atomic mass is 28.3. The van der Waals surface area contributed by atoms with Crippen LogP contribution in [0.5, 0.6) is 0 Å². The highest BCUT2D eigenvalue weighted by Gasteiger charge is 2.46. The van der Waals surface area contributed by atoms with Gasteiger partial charge < -0.3 is 4.90 Å². The Kier molecular flexibility index (Phi) is 9.33. The van der Waals surface area contributed by atoms with Gasteiger partial charge in [-0.05, 0) is 117 Å². The lowest BCUT2D eigenvalue weighted by Gasteiger charge is -2.35. The molecule has 3 aliphatic rings. The lowest BCUT2D eigenvalue weighted by Crippen LogP contribution is -2.74. The van der Waals surface area contributed by atoms with E-state index in [-0.39, 0.29) is 12.1 Å². The standard InChI is InChI=1S/C68H46N10Si/c1-3-23-48(24-4-1)79(49-25-5-2-6-26-49,51-28-20-22-47(44-51)73-58-35-13-14-36-59(58)74-55-32-10-7-29-52(55)69-66(73)74)50-27-19-21-45(41-50)46-42-64(77-62-39-17-15-37-60(62)75-56-33-11-8-30-53(56)70-67(75)77)72-65(43-46)78-63-40-18-16-38-61(63)76-57-34-12-9-31-54(57)71-68(76)78/h1-44,53,56H. The van der Waals surface area contributed by atoms with Crippen molar-refractivity contribution < 1.29 is 0 Å². The van der Waals surface area contributed by atoms with Crippen molar-refractivity contribution in [1.29, 1.82) is 0 Å². The van der Waals surface area contributed by atoms with Crippen LogP contribution in [0.3, 0.4) is 0 Å². The molecule has 0 fully saturated rings. The molecule has 14 aromatic rings. The van der Waals surface area contributed by atoms with Crippen molar-refractivity contribution in [3.63, 3.8) is 0 Å². The van der Waals surface area contributed by atoms with Crippen molar-refractivity contribution in [1.82, 2.24) is 32.9 Å². The molecule has 5 aromatic heterocycles. The topological polar surface area (TPSA) is 76.2 Å². The first-order valence-electron chi connectivity index (χ1n) is 26.9.